The number of aryl methyl sites for hydroxylation is 1. The molecule has 0 fully saturated rings. The van der Waals surface area contributed by atoms with Crippen LogP contribution in [0.5, 0.6) is 11.5 Å². The maximum absolute atomic E-state index is 8.74. The number of pyridine rings is 1. The number of nitrogens with zero attached hydrogens (tertiary/aromatic N) is 2. The first-order valence-corrected chi connectivity index (χ1v) is 5.45. The topological polar surface area (TPSA) is 45.9 Å². The smallest absolute Gasteiger partial charge is 0.144 e. The summed E-state index contributed by atoms with van der Waals surface area (Å²) >= 11 is 0. The molecular formula is C14H12N2O. The third-order valence-electron chi connectivity index (χ3n) is 2.39. The molecular weight excluding hydrogens is 212 g/mol. The Kier molecular flexibility index (Phi) is 3.37. The number of ether oxygens (including phenoxy) is 1. The van der Waals surface area contributed by atoms with Gasteiger partial charge in [-0.2, -0.15) is 5.26 Å². The van der Waals surface area contributed by atoms with Crippen LogP contribution in [-0.2, 0) is 6.42 Å². The van der Waals surface area contributed by atoms with Gasteiger partial charge in [0.2, 0.25) is 0 Å². The average molecular weight is 224 g/mol. The van der Waals surface area contributed by atoms with E-state index in [2.05, 4.69) is 18.0 Å². The van der Waals surface area contributed by atoms with Crippen molar-refractivity contribution in [2.45, 2.75) is 13.3 Å². The largest absolute Gasteiger partial charge is 0.457 e. The number of hydrogen-bond donors (Lipinski definition) is 0. The van der Waals surface area contributed by atoms with Crippen LogP contribution < -0.4 is 4.74 Å². The highest BCUT2D eigenvalue weighted by Crippen LogP contribution is 2.22. The van der Waals surface area contributed by atoms with Crippen LogP contribution in [0.3, 0.4) is 0 Å². The summed E-state index contributed by atoms with van der Waals surface area (Å²) in [5, 5.41) is 8.74. The zero-order chi connectivity index (χ0) is 12.1. The summed E-state index contributed by atoms with van der Waals surface area (Å²) in [6.45, 7) is 2.10. The summed E-state index contributed by atoms with van der Waals surface area (Å²) in [4.78, 5) is 3.89. The lowest BCUT2D eigenvalue weighted by molar-refractivity contribution is 0.481. The van der Waals surface area contributed by atoms with Crippen LogP contribution in [-0.4, -0.2) is 4.98 Å². The Labute approximate surface area is 100 Å². The van der Waals surface area contributed by atoms with Crippen LogP contribution >= 0.6 is 0 Å². The molecule has 0 bridgehead atoms. The van der Waals surface area contributed by atoms with Gasteiger partial charge in [-0.1, -0.05) is 19.1 Å². The third kappa shape index (κ3) is 2.82. The molecule has 84 valence electrons. The molecule has 0 atom stereocenters. The molecule has 17 heavy (non-hydrogen) atoms. The van der Waals surface area contributed by atoms with E-state index in [-0.39, 0.29) is 0 Å². The van der Waals surface area contributed by atoms with Crippen LogP contribution in [0.25, 0.3) is 0 Å². The number of rotatable bonds is 3. The minimum absolute atomic E-state index is 0.356. The van der Waals surface area contributed by atoms with Crippen molar-refractivity contribution >= 4 is 0 Å². The van der Waals surface area contributed by atoms with Gasteiger partial charge < -0.3 is 4.74 Å². The molecule has 1 aromatic carbocycles. The van der Waals surface area contributed by atoms with Crippen molar-refractivity contribution in [3.05, 3.63) is 53.9 Å². The van der Waals surface area contributed by atoms with Gasteiger partial charge in [-0.05, 0) is 30.2 Å². The van der Waals surface area contributed by atoms with Crippen molar-refractivity contribution in [3.63, 3.8) is 0 Å². The predicted octanol–water partition coefficient (Wildman–Crippen LogP) is 3.31. The van der Waals surface area contributed by atoms with Crippen molar-refractivity contribution in [2.75, 3.05) is 0 Å². The van der Waals surface area contributed by atoms with Gasteiger partial charge in [0.25, 0.3) is 0 Å². The van der Waals surface area contributed by atoms with E-state index in [0.29, 0.717) is 11.4 Å². The summed E-state index contributed by atoms with van der Waals surface area (Å²) in [6.07, 6.45) is 2.54. The highest BCUT2D eigenvalue weighted by molar-refractivity contribution is 5.36. The lowest BCUT2D eigenvalue weighted by Crippen LogP contribution is -1.88. The molecule has 1 aromatic heterocycles. The fourth-order valence-corrected chi connectivity index (χ4v) is 1.50. The van der Waals surface area contributed by atoms with E-state index in [9.17, 15) is 0 Å². The Morgan fingerprint density at radius 1 is 1.24 bits per heavy atom. The quantitative estimate of drug-likeness (QED) is 0.803. The summed E-state index contributed by atoms with van der Waals surface area (Å²) in [7, 11) is 0. The fourth-order valence-electron chi connectivity index (χ4n) is 1.50. The molecule has 0 aliphatic carbocycles. The second-order valence-electron chi connectivity index (χ2n) is 3.59. The van der Waals surface area contributed by atoms with Crippen molar-refractivity contribution in [1.29, 1.82) is 5.26 Å². The molecule has 3 nitrogen and oxygen atoms in total. The lowest BCUT2D eigenvalue weighted by Gasteiger charge is -2.06. The van der Waals surface area contributed by atoms with Gasteiger partial charge in [0.05, 0.1) is 0 Å². The predicted molar refractivity (Wildman–Crippen MR) is 64.8 cm³/mol. The summed E-state index contributed by atoms with van der Waals surface area (Å²) in [5.41, 5.74) is 1.58. The van der Waals surface area contributed by atoms with Gasteiger partial charge in [-0.25, -0.2) is 4.98 Å². The zero-order valence-electron chi connectivity index (χ0n) is 9.55. The maximum atomic E-state index is 8.74. The molecule has 0 spiro atoms. The Hall–Kier alpha value is -2.34. The number of benzene rings is 1. The molecule has 0 saturated heterocycles. The molecule has 0 unspecified atom stereocenters. The van der Waals surface area contributed by atoms with Crippen molar-refractivity contribution < 1.29 is 4.74 Å². The molecule has 2 rings (SSSR count). The van der Waals surface area contributed by atoms with Crippen LogP contribution in [0, 0.1) is 11.3 Å². The highest BCUT2D eigenvalue weighted by Gasteiger charge is 2.00. The molecule has 1 heterocycles. The third-order valence-corrected chi connectivity index (χ3v) is 2.39. The average Bonchev–Trinajstić information content (AvgIpc) is 2.39. The molecule has 3 heteroatoms. The molecule has 0 aliphatic heterocycles. The Balaban J connectivity index is 2.22. The molecule has 0 saturated carbocycles. The van der Waals surface area contributed by atoms with Gasteiger partial charge >= 0.3 is 0 Å². The summed E-state index contributed by atoms with van der Waals surface area (Å²) < 4.78 is 5.67. The van der Waals surface area contributed by atoms with Crippen LogP contribution in [0.15, 0.2) is 42.6 Å². The van der Waals surface area contributed by atoms with E-state index >= 15 is 0 Å². The second-order valence-corrected chi connectivity index (χ2v) is 3.59. The van der Waals surface area contributed by atoms with Gasteiger partial charge in [-0.15, -0.1) is 0 Å². The SMILES string of the molecule is CCc1cccc(Oc2ccnc(C#N)c2)c1. The maximum Gasteiger partial charge on any atom is 0.144 e. The minimum atomic E-state index is 0.356. The first-order valence-electron chi connectivity index (χ1n) is 5.45. The van der Waals surface area contributed by atoms with Crippen LogP contribution in [0.4, 0.5) is 0 Å². The molecule has 0 amide bonds. The van der Waals surface area contributed by atoms with Crippen LogP contribution in [0.2, 0.25) is 0 Å². The van der Waals surface area contributed by atoms with Crippen molar-refractivity contribution in [2.24, 2.45) is 0 Å². The molecule has 2 aromatic rings. The first-order chi connectivity index (χ1) is 8.31. The van der Waals surface area contributed by atoms with Crippen molar-refractivity contribution in [1.82, 2.24) is 4.98 Å². The van der Waals surface area contributed by atoms with E-state index in [1.165, 1.54) is 5.56 Å². The highest BCUT2D eigenvalue weighted by atomic mass is 16.5. The first kappa shape index (κ1) is 11.2. The Morgan fingerprint density at radius 3 is 2.82 bits per heavy atom. The standard InChI is InChI=1S/C14H12N2O/c1-2-11-4-3-5-13(8-11)17-14-6-7-16-12(9-14)10-15/h3-9H,2H2,1H3. The molecule has 0 N–H and O–H groups in total. The van der Waals surface area contributed by atoms with Gasteiger partial charge in [0.1, 0.15) is 23.3 Å². The van der Waals surface area contributed by atoms with Crippen LogP contribution in [0.1, 0.15) is 18.2 Å². The number of hydrogen-bond acceptors (Lipinski definition) is 3. The zero-order valence-corrected chi connectivity index (χ0v) is 9.55. The molecule has 0 aliphatic rings. The van der Waals surface area contributed by atoms with E-state index < -0.39 is 0 Å². The molecule has 0 radical (unpaired) electrons. The monoisotopic (exact) mass is 224 g/mol. The van der Waals surface area contributed by atoms with Gasteiger partial charge in [0, 0.05) is 12.3 Å². The number of aromatic nitrogens is 1. The Bertz CT molecular complexity index is 558. The number of nitriles is 1. The summed E-state index contributed by atoms with van der Waals surface area (Å²) in [6, 6.07) is 13.2. The minimum Gasteiger partial charge on any atom is -0.457 e. The van der Waals surface area contributed by atoms with E-state index in [1.807, 2.05) is 24.3 Å². The lowest BCUT2D eigenvalue weighted by atomic mass is 10.2. The van der Waals surface area contributed by atoms with Gasteiger partial charge in [-0.3, -0.25) is 0 Å². The second kappa shape index (κ2) is 5.13. The summed E-state index contributed by atoms with van der Waals surface area (Å²) in [5.74, 6) is 1.41. The van der Waals surface area contributed by atoms with Gasteiger partial charge in [0.15, 0.2) is 0 Å². The fraction of sp³-hybridized carbons (Fsp3) is 0.143. The van der Waals surface area contributed by atoms with E-state index in [1.54, 1.807) is 18.3 Å². The Morgan fingerprint density at radius 2 is 2.06 bits per heavy atom. The van der Waals surface area contributed by atoms with Crippen molar-refractivity contribution in [3.8, 4) is 17.6 Å². The van der Waals surface area contributed by atoms with E-state index in [0.717, 1.165) is 12.2 Å². The normalized spacial score (nSPS) is 9.65. The van der Waals surface area contributed by atoms with E-state index in [4.69, 9.17) is 10.00 Å².